The Morgan fingerprint density at radius 2 is 2.75 bits per heavy atom. The first-order valence-corrected chi connectivity index (χ1v) is 3.22. The average Bonchev–Trinajstić information content (AvgIpc) is 1.90. The van der Waals surface area contributed by atoms with Gasteiger partial charge in [-0.1, -0.05) is 13.0 Å². The fraction of sp³-hybridized carbons (Fsp3) is 0.714. The smallest absolute Gasteiger partial charge is 0.0143 e. The highest BCUT2D eigenvalue weighted by molar-refractivity contribution is 4.87. The minimum Gasteiger partial charge on any atom is -0.310 e. The van der Waals surface area contributed by atoms with Crippen LogP contribution in [0, 0.1) is 6.08 Å². The molecule has 0 amide bonds. The van der Waals surface area contributed by atoms with E-state index in [-0.39, 0.29) is 0 Å². The Kier molecular flexibility index (Phi) is 2.10. The van der Waals surface area contributed by atoms with Crippen molar-refractivity contribution in [2.75, 3.05) is 6.54 Å². The third-order valence-corrected chi connectivity index (χ3v) is 1.51. The van der Waals surface area contributed by atoms with Gasteiger partial charge in [0.15, 0.2) is 0 Å². The maximum absolute atomic E-state index is 3.35. The lowest BCUT2D eigenvalue weighted by Crippen LogP contribution is -2.30. The van der Waals surface area contributed by atoms with Crippen molar-refractivity contribution in [1.82, 2.24) is 5.32 Å². The zero-order valence-corrected chi connectivity index (χ0v) is 5.28. The molecule has 0 saturated heterocycles. The molecule has 1 atom stereocenters. The SMILES string of the molecule is CCC1C[C]=CCN1. The van der Waals surface area contributed by atoms with Crippen LogP contribution in [0.15, 0.2) is 6.08 Å². The van der Waals surface area contributed by atoms with Crippen LogP contribution in [0.5, 0.6) is 0 Å². The average molecular weight is 110 g/mol. The van der Waals surface area contributed by atoms with E-state index >= 15 is 0 Å². The molecule has 0 saturated carbocycles. The molecule has 0 bridgehead atoms. The maximum Gasteiger partial charge on any atom is 0.0143 e. The number of nitrogens with one attached hydrogen (secondary N) is 1. The van der Waals surface area contributed by atoms with Gasteiger partial charge in [0, 0.05) is 12.6 Å². The summed E-state index contributed by atoms with van der Waals surface area (Å²) in [5.74, 6) is 0. The molecule has 0 spiro atoms. The van der Waals surface area contributed by atoms with Gasteiger partial charge in [-0.05, 0) is 18.9 Å². The van der Waals surface area contributed by atoms with Gasteiger partial charge >= 0.3 is 0 Å². The lowest BCUT2D eigenvalue weighted by molar-refractivity contribution is 0.507. The maximum atomic E-state index is 3.35. The van der Waals surface area contributed by atoms with Crippen LogP contribution in [0.25, 0.3) is 0 Å². The molecule has 45 valence electrons. The normalized spacial score (nSPS) is 28.4. The Balaban J connectivity index is 2.27. The van der Waals surface area contributed by atoms with Crippen molar-refractivity contribution in [2.45, 2.75) is 25.8 Å². The van der Waals surface area contributed by atoms with Gasteiger partial charge in [-0.15, -0.1) is 0 Å². The Labute approximate surface area is 50.8 Å². The van der Waals surface area contributed by atoms with Gasteiger partial charge in [0.2, 0.25) is 0 Å². The second-order valence-corrected chi connectivity index (χ2v) is 2.13. The summed E-state index contributed by atoms with van der Waals surface area (Å²) in [6, 6.07) is 0.694. The Bertz CT molecular complexity index is 86.4. The lowest BCUT2D eigenvalue weighted by atomic mass is 10.1. The van der Waals surface area contributed by atoms with Crippen molar-refractivity contribution in [3.8, 4) is 0 Å². The van der Waals surface area contributed by atoms with Crippen molar-refractivity contribution in [1.29, 1.82) is 0 Å². The quantitative estimate of drug-likeness (QED) is 0.533. The van der Waals surface area contributed by atoms with Gasteiger partial charge < -0.3 is 5.32 Å². The van der Waals surface area contributed by atoms with E-state index in [1.807, 2.05) is 0 Å². The Hall–Kier alpha value is -0.300. The largest absolute Gasteiger partial charge is 0.310 e. The van der Waals surface area contributed by atoms with Gasteiger partial charge in [-0.2, -0.15) is 0 Å². The number of hydrogen-bond acceptors (Lipinski definition) is 1. The predicted octanol–water partition coefficient (Wildman–Crippen LogP) is 1.12. The molecule has 1 unspecified atom stereocenters. The first-order valence-electron chi connectivity index (χ1n) is 3.22. The molecule has 1 aliphatic rings. The van der Waals surface area contributed by atoms with E-state index in [4.69, 9.17) is 0 Å². The van der Waals surface area contributed by atoms with E-state index < -0.39 is 0 Å². The second-order valence-electron chi connectivity index (χ2n) is 2.13. The number of hydrogen-bond donors (Lipinski definition) is 1. The topological polar surface area (TPSA) is 12.0 Å². The molecule has 0 aromatic heterocycles. The predicted molar refractivity (Wildman–Crippen MR) is 34.5 cm³/mol. The van der Waals surface area contributed by atoms with Crippen LogP contribution in [0.3, 0.4) is 0 Å². The van der Waals surface area contributed by atoms with Crippen molar-refractivity contribution in [2.24, 2.45) is 0 Å². The molecule has 0 aromatic carbocycles. The molecule has 1 heteroatoms. The van der Waals surface area contributed by atoms with E-state index in [1.54, 1.807) is 0 Å². The molecule has 0 aromatic rings. The summed E-state index contributed by atoms with van der Waals surface area (Å²) < 4.78 is 0. The molecule has 8 heavy (non-hydrogen) atoms. The van der Waals surface area contributed by atoms with Gasteiger partial charge in [-0.25, -0.2) is 0 Å². The first kappa shape index (κ1) is 5.83. The summed E-state index contributed by atoms with van der Waals surface area (Å²) in [4.78, 5) is 0. The first-order chi connectivity index (χ1) is 3.93. The minimum absolute atomic E-state index is 0.694. The van der Waals surface area contributed by atoms with Crippen molar-refractivity contribution in [3.05, 3.63) is 12.2 Å². The molecular formula is C7H12N. The molecule has 1 radical (unpaired) electrons. The van der Waals surface area contributed by atoms with Crippen molar-refractivity contribution in [3.63, 3.8) is 0 Å². The van der Waals surface area contributed by atoms with Crippen molar-refractivity contribution >= 4 is 0 Å². The van der Waals surface area contributed by atoms with E-state index in [0.29, 0.717) is 6.04 Å². The molecule has 0 fully saturated rings. The van der Waals surface area contributed by atoms with E-state index in [1.165, 1.54) is 6.42 Å². The van der Waals surface area contributed by atoms with E-state index in [9.17, 15) is 0 Å². The van der Waals surface area contributed by atoms with Gasteiger partial charge in [-0.3, -0.25) is 0 Å². The minimum atomic E-state index is 0.694. The molecule has 1 N–H and O–H groups in total. The lowest BCUT2D eigenvalue weighted by Gasteiger charge is -2.16. The molecule has 0 aliphatic carbocycles. The monoisotopic (exact) mass is 110 g/mol. The fourth-order valence-electron chi connectivity index (χ4n) is 0.884. The van der Waals surface area contributed by atoms with E-state index in [2.05, 4.69) is 24.4 Å². The van der Waals surface area contributed by atoms with Crippen LogP contribution >= 0.6 is 0 Å². The molecule has 1 rings (SSSR count). The second kappa shape index (κ2) is 2.88. The summed E-state index contributed by atoms with van der Waals surface area (Å²) in [5, 5.41) is 3.35. The van der Waals surface area contributed by atoms with Crippen LogP contribution in [-0.4, -0.2) is 12.6 Å². The highest BCUT2D eigenvalue weighted by atomic mass is 14.9. The van der Waals surface area contributed by atoms with Crippen LogP contribution in [-0.2, 0) is 0 Å². The molecule has 1 aliphatic heterocycles. The van der Waals surface area contributed by atoms with Gasteiger partial charge in [0.25, 0.3) is 0 Å². The standard InChI is InChI=1S/C7H12N/c1-2-7-5-3-4-6-8-7/h4,7-8H,2,5-6H2,1H3. The summed E-state index contributed by atoms with van der Waals surface area (Å²) in [6.45, 7) is 3.21. The Morgan fingerprint density at radius 1 is 1.88 bits per heavy atom. The molecule has 1 heterocycles. The van der Waals surface area contributed by atoms with Crippen LogP contribution < -0.4 is 5.32 Å². The molecular weight excluding hydrogens is 98.1 g/mol. The fourth-order valence-corrected chi connectivity index (χ4v) is 0.884. The summed E-state index contributed by atoms with van der Waals surface area (Å²) in [6.07, 6.45) is 7.58. The van der Waals surface area contributed by atoms with E-state index in [0.717, 1.165) is 13.0 Å². The zero-order chi connectivity index (χ0) is 5.82. The summed E-state index contributed by atoms with van der Waals surface area (Å²) in [5.41, 5.74) is 0. The van der Waals surface area contributed by atoms with Crippen molar-refractivity contribution < 1.29 is 0 Å². The van der Waals surface area contributed by atoms with Crippen LogP contribution in [0.2, 0.25) is 0 Å². The van der Waals surface area contributed by atoms with Crippen LogP contribution in [0.4, 0.5) is 0 Å². The number of rotatable bonds is 1. The van der Waals surface area contributed by atoms with Crippen LogP contribution in [0.1, 0.15) is 19.8 Å². The Morgan fingerprint density at radius 3 is 3.12 bits per heavy atom. The third kappa shape index (κ3) is 1.34. The summed E-state index contributed by atoms with van der Waals surface area (Å²) >= 11 is 0. The molecule has 1 nitrogen and oxygen atoms in total. The zero-order valence-electron chi connectivity index (χ0n) is 5.28. The highest BCUT2D eigenvalue weighted by Gasteiger charge is 2.03. The summed E-state index contributed by atoms with van der Waals surface area (Å²) in [7, 11) is 0. The third-order valence-electron chi connectivity index (χ3n) is 1.51. The van der Waals surface area contributed by atoms with Gasteiger partial charge in [0.05, 0.1) is 0 Å². The van der Waals surface area contributed by atoms with Gasteiger partial charge in [0.1, 0.15) is 0 Å². The highest BCUT2D eigenvalue weighted by Crippen LogP contribution is 2.00.